The van der Waals surface area contributed by atoms with E-state index in [4.69, 9.17) is 15.0 Å². The number of hydrogen-bond donors (Lipinski definition) is 3. The van der Waals surface area contributed by atoms with E-state index in [0.717, 1.165) is 5.39 Å². The number of pyridine rings is 2. The van der Waals surface area contributed by atoms with Gasteiger partial charge in [0, 0.05) is 23.3 Å². The topological polar surface area (TPSA) is 157 Å². The number of nitrogens with zero attached hydrogens (tertiary/aromatic N) is 4. The summed E-state index contributed by atoms with van der Waals surface area (Å²) < 4.78 is 10.6. The number of amides is 2. The van der Waals surface area contributed by atoms with Crippen molar-refractivity contribution in [2.75, 3.05) is 29.1 Å². The zero-order valence-corrected chi connectivity index (χ0v) is 17.6. The van der Waals surface area contributed by atoms with Gasteiger partial charge in [-0.15, -0.1) is 0 Å². The number of hydrogen-bond acceptors (Lipinski definition) is 9. The molecule has 0 spiro atoms. The summed E-state index contributed by atoms with van der Waals surface area (Å²) in [7, 11) is 0. The van der Waals surface area contributed by atoms with Crippen LogP contribution in [-0.2, 0) is 14.3 Å². The predicted octanol–water partition coefficient (Wildman–Crippen LogP) is 1.47. The molecular weight excluding hydrogens is 428 g/mol. The molecular formula is C22H20N6O5. The van der Waals surface area contributed by atoms with Crippen molar-refractivity contribution in [3.63, 3.8) is 0 Å². The normalized spacial score (nSPS) is 18.4. The highest BCUT2D eigenvalue weighted by atomic mass is 16.5. The van der Waals surface area contributed by atoms with Crippen LogP contribution in [-0.4, -0.2) is 56.9 Å². The summed E-state index contributed by atoms with van der Waals surface area (Å²) in [5, 5.41) is 18.7. The molecule has 1 fully saturated rings. The van der Waals surface area contributed by atoms with Gasteiger partial charge in [-0.2, -0.15) is 0 Å². The minimum Gasteiger partial charge on any atom is -0.380 e. The van der Waals surface area contributed by atoms with E-state index < -0.39 is 23.5 Å². The van der Waals surface area contributed by atoms with Gasteiger partial charge in [0.1, 0.15) is 5.82 Å². The van der Waals surface area contributed by atoms with Crippen molar-refractivity contribution in [2.24, 2.45) is 0 Å². The Morgan fingerprint density at radius 3 is 3.00 bits per heavy atom. The Morgan fingerprint density at radius 2 is 2.15 bits per heavy atom. The number of aromatic nitrogens is 3. The molecule has 0 saturated carbocycles. The molecule has 4 aromatic rings. The number of rotatable bonds is 4. The third-order valence-corrected chi connectivity index (χ3v) is 5.57. The average molecular weight is 448 g/mol. The Hall–Kier alpha value is -4.09. The van der Waals surface area contributed by atoms with Crippen LogP contribution in [0, 0.1) is 0 Å². The molecule has 33 heavy (non-hydrogen) atoms. The second-order valence-electron chi connectivity index (χ2n) is 7.86. The van der Waals surface area contributed by atoms with Gasteiger partial charge in [-0.05, 0) is 37.3 Å². The quantitative estimate of drug-likeness (QED) is 0.420. The summed E-state index contributed by atoms with van der Waals surface area (Å²) in [6.07, 6.45) is 1.83. The standard InChI is InChI=1S/C22H20N6O5/c1-22(31,21(30)25-13-3-4-14-16(10-13)33-27-19(14)23)18-20(29)28(8-9-32-18)17-5-2-12-6-7-24-11-15(12)26-17/h2-7,10-11,18,31H,8-9H2,1H3,(H2,23,27)(H,25,30). The number of ether oxygens (including phenoxy) is 1. The van der Waals surface area contributed by atoms with Crippen LogP contribution < -0.4 is 16.0 Å². The molecule has 2 amide bonds. The summed E-state index contributed by atoms with van der Waals surface area (Å²) in [6.45, 7) is 1.59. The van der Waals surface area contributed by atoms with E-state index in [1.54, 1.807) is 30.6 Å². The van der Waals surface area contributed by atoms with E-state index in [1.807, 2.05) is 12.1 Å². The molecule has 5 rings (SSSR count). The van der Waals surface area contributed by atoms with Crippen molar-refractivity contribution in [2.45, 2.75) is 18.6 Å². The molecule has 2 unspecified atom stereocenters. The molecule has 11 nitrogen and oxygen atoms in total. The van der Waals surface area contributed by atoms with Crippen LogP contribution in [0.25, 0.3) is 21.9 Å². The molecule has 3 aromatic heterocycles. The Kier molecular flexibility index (Phi) is 4.91. The van der Waals surface area contributed by atoms with Crippen LogP contribution in [0.3, 0.4) is 0 Å². The molecule has 1 saturated heterocycles. The molecule has 0 bridgehead atoms. The highest BCUT2D eigenvalue weighted by Crippen LogP contribution is 2.28. The number of nitrogens with one attached hydrogen (secondary N) is 1. The summed E-state index contributed by atoms with van der Waals surface area (Å²) in [6, 6.07) is 10.1. The molecule has 4 heterocycles. The maximum atomic E-state index is 13.2. The Balaban J connectivity index is 1.37. The number of carbonyl (C=O) groups excluding carboxylic acids is 2. The first-order valence-electron chi connectivity index (χ1n) is 10.2. The van der Waals surface area contributed by atoms with Crippen LogP contribution in [0.4, 0.5) is 17.3 Å². The van der Waals surface area contributed by atoms with Gasteiger partial charge in [0.15, 0.2) is 23.1 Å². The zero-order chi connectivity index (χ0) is 23.2. The number of nitrogen functional groups attached to an aromatic ring is 1. The molecule has 1 aliphatic rings. The SMILES string of the molecule is CC(O)(C(=O)Nc1ccc2c(N)noc2c1)C1OCCN(c2ccc3ccncc3n2)C1=O. The highest BCUT2D eigenvalue weighted by molar-refractivity contribution is 6.06. The number of aliphatic hydroxyl groups is 1. The molecule has 1 aliphatic heterocycles. The number of nitrogens with two attached hydrogens (primary N) is 1. The lowest BCUT2D eigenvalue weighted by Crippen LogP contribution is -2.61. The summed E-state index contributed by atoms with van der Waals surface area (Å²) in [5.41, 5.74) is 4.88. The fourth-order valence-electron chi connectivity index (χ4n) is 3.73. The third-order valence-electron chi connectivity index (χ3n) is 5.57. The van der Waals surface area contributed by atoms with Crippen molar-refractivity contribution >= 4 is 51.0 Å². The lowest BCUT2D eigenvalue weighted by molar-refractivity contribution is -0.165. The molecule has 11 heteroatoms. The Bertz CT molecular complexity index is 1380. The number of anilines is 3. The van der Waals surface area contributed by atoms with Crippen LogP contribution in [0.2, 0.25) is 0 Å². The lowest BCUT2D eigenvalue weighted by Gasteiger charge is -2.37. The van der Waals surface area contributed by atoms with E-state index in [-0.39, 0.29) is 19.0 Å². The van der Waals surface area contributed by atoms with Gasteiger partial charge in [0.2, 0.25) is 0 Å². The van der Waals surface area contributed by atoms with Crippen LogP contribution in [0.1, 0.15) is 6.92 Å². The lowest BCUT2D eigenvalue weighted by atomic mass is 9.95. The summed E-state index contributed by atoms with van der Waals surface area (Å²) >= 11 is 0. The van der Waals surface area contributed by atoms with Crippen molar-refractivity contribution in [1.82, 2.24) is 15.1 Å². The fourth-order valence-corrected chi connectivity index (χ4v) is 3.73. The minimum atomic E-state index is -2.16. The minimum absolute atomic E-state index is 0.121. The maximum absolute atomic E-state index is 13.2. The average Bonchev–Trinajstić information content (AvgIpc) is 3.18. The molecule has 168 valence electrons. The van der Waals surface area contributed by atoms with E-state index >= 15 is 0 Å². The first kappa shape index (κ1) is 20.8. The van der Waals surface area contributed by atoms with Gasteiger partial charge >= 0.3 is 0 Å². The number of fused-ring (bicyclic) bond motifs is 2. The van der Waals surface area contributed by atoms with Gasteiger partial charge in [0.25, 0.3) is 11.8 Å². The first-order valence-corrected chi connectivity index (χ1v) is 10.2. The second kappa shape index (κ2) is 7.80. The van der Waals surface area contributed by atoms with Crippen LogP contribution in [0.5, 0.6) is 0 Å². The number of benzene rings is 1. The number of carbonyl (C=O) groups is 2. The monoisotopic (exact) mass is 448 g/mol. The van der Waals surface area contributed by atoms with Gasteiger partial charge in [-0.1, -0.05) is 5.16 Å². The second-order valence-corrected chi connectivity index (χ2v) is 7.86. The molecule has 0 radical (unpaired) electrons. The largest absolute Gasteiger partial charge is 0.380 e. The van der Waals surface area contributed by atoms with Gasteiger partial charge in [-0.3, -0.25) is 19.5 Å². The first-order chi connectivity index (χ1) is 15.8. The van der Waals surface area contributed by atoms with Crippen molar-refractivity contribution < 1.29 is 24.0 Å². The Morgan fingerprint density at radius 1 is 1.30 bits per heavy atom. The maximum Gasteiger partial charge on any atom is 0.260 e. The van der Waals surface area contributed by atoms with Gasteiger partial charge in [-0.25, -0.2) is 4.98 Å². The van der Waals surface area contributed by atoms with Crippen molar-refractivity contribution in [3.05, 3.63) is 48.8 Å². The predicted molar refractivity (Wildman–Crippen MR) is 119 cm³/mol. The summed E-state index contributed by atoms with van der Waals surface area (Å²) in [5.74, 6) is -0.770. The molecule has 0 aliphatic carbocycles. The molecule has 4 N–H and O–H groups in total. The fraction of sp³-hybridized carbons (Fsp3) is 0.227. The van der Waals surface area contributed by atoms with Gasteiger partial charge in [0.05, 0.1) is 30.3 Å². The van der Waals surface area contributed by atoms with E-state index in [2.05, 4.69) is 20.4 Å². The summed E-state index contributed by atoms with van der Waals surface area (Å²) in [4.78, 5) is 36.1. The zero-order valence-electron chi connectivity index (χ0n) is 17.6. The number of morpholine rings is 1. The van der Waals surface area contributed by atoms with E-state index in [1.165, 1.54) is 17.9 Å². The smallest absolute Gasteiger partial charge is 0.260 e. The third kappa shape index (κ3) is 3.62. The highest BCUT2D eigenvalue weighted by Gasteiger charge is 2.48. The van der Waals surface area contributed by atoms with Gasteiger partial charge < -0.3 is 25.4 Å². The Labute approximate surface area is 187 Å². The van der Waals surface area contributed by atoms with Crippen molar-refractivity contribution in [1.29, 1.82) is 0 Å². The van der Waals surface area contributed by atoms with E-state index in [0.29, 0.717) is 28.0 Å². The van der Waals surface area contributed by atoms with E-state index in [9.17, 15) is 14.7 Å². The molecule has 1 aromatic carbocycles. The van der Waals surface area contributed by atoms with Crippen LogP contribution in [0.15, 0.2) is 53.3 Å². The molecule has 2 atom stereocenters. The van der Waals surface area contributed by atoms with Crippen molar-refractivity contribution in [3.8, 4) is 0 Å². The van der Waals surface area contributed by atoms with Crippen LogP contribution >= 0.6 is 0 Å².